The van der Waals surface area contributed by atoms with E-state index in [4.69, 9.17) is 9.97 Å². The molecule has 0 fully saturated rings. The molecule has 0 unspecified atom stereocenters. The standard InChI is InChI=1S/C36H22N4O3S/c41-44(42,43)20-13-14-27-28(15-20)36-19-34-26-12-6-5-11-25(26)32(39-34)17-30-22-8-2-1-7-21(22)29(37-30)16-31-23-9-3-4-10-24(23)33(38-31)18-35(27)40-36/h1-19,37,40H,(H,41,42,43). The average Bonchev–Trinajstić information content (AvgIpc) is 3.76. The maximum Gasteiger partial charge on any atom is 0.294 e. The van der Waals surface area contributed by atoms with Crippen molar-refractivity contribution >= 4 is 53.7 Å². The summed E-state index contributed by atoms with van der Waals surface area (Å²) in [6, 6.07) is 37.2. The van der Waals surface area contributed by atoms with Gasteiger partial charge in [-0.25, -0.2) is 9.97 Å². The third-order valence-corrected chi connectivity index (χ3v) is 9.33. The Morgan fingerprint density at radius 1 is 0.455 bits per heavy atom. The summed E-state index contributed by atoms with van der Waals surface area (Å²) in [5.74, 6) is 0. The van der Waals surface area contributed by atoms with Gasteiger partial charge in [0.25, 0.3) is 10.1 Å². The Balaban J connectivity index is 1.50. The van der Waals surface area contributed by atoms with Gasteiger partial charge in [-0.15, -0.1) is 0 Å². The zero-order valence-corrected chi connectivity index (χ0v) is 23.9. The number of aromatic nitrogens is 4. The quantitative estimate of drug-likeness (QED) is 0.166. The Morgan fingerprint density at radius 3 is 1.23 bits per heavy atom. The molecule has 3 aromatic heterocycles. The molecule has 5 heterocycles. The van der Waals surface area contributed by atoms with Crippen LogP contribution in [0.1, 0.15) is 0 Å². The van der Waals surface area contributed by atoms with E-state index in [1.807, 2.05) is 54.6 Å². The van der Waals surface area contributed by atoms with Gasteiger partial charge in [-0.1, -0.05) is 78.9 Å². The van der Waals surface area contributed by atoms with Crippen LogP contribution in [0.4, 0.5) is 0 Å². The monoisotopic (exact) mass is 590 g/mol. The van der Waals surface area contributed by atoms with Crippen molar-refractivity contribution in [1.29, 1.82) is 0 Å². The number of rotatable bonds is 1. The maximum atomic E-state index is 12.1. The van der Waals surface area contributed by atoms with Crippen LogP contribution in [0.15, 0.2) is 120 Å². The molecule has 0 saturated heterocycles. The number of hydrogen-bond donors (Lipinski definition) is 3. The van der Waals surface area contributed by atoms with Gasteiger partial charge < -0.3 is 9.97 Å². The predicted octanol–water partition coefficient (Wildman–Crippen LogP) is 8.54. The number of hydrogen-bond acceptors (Lipinski definition) is 4. The first-order valence-corrected chi connectivity index (χ1v) is 15.6. The lowest BCUT2D eigenvalue weighted by Gasteiger charge is -1.99. The molecule has 0 atom stereocenters. The van der Waals surface area contributed by atoms with Crippen LogP contribution in [0.3, 0.4) is 0 Å². The summed E-state index contributed by atoms with van der Waals surface area (Å²) in [7, 11) is -4.41. The normalized spacial score (nSPS) is 12.4. The Bertz CT molecular complexity index is 2650. The molecule has 0 amide bonds. The third-order valence-electron chi connectivity index (χ3n) is 8.48. The number of fused-ring (bicyclic) bond motifs is 20. The highest BCUT2D eigenvalue weighted by Crippen LogP contribution is 2.40. The molecule has 0 aliphatic carbocycles. The highest BCUT2D eigenvalue weighted by Gasteiger charge is 2.20. The van der Waals surface area contributed by atoms with Crippen LogP contribution in [0.5, 0.6) is 0 Å². The largest absolute Gasteiger partial charge is 0.354 e. The van der Waals surface area contributed by atoms with Crippen molar-refractivity contribution in [2.75, 3.05) is 0 Å². The molecule has 44 heavy (non-hydrogen) atoms. The summed E-state index contributed by atoms with van der Waals surface area (Å²) in [6.07, 6.45) is 0. The molecular weight excluding hydrogens is 568 g/mol. The fourth-order valence-corrected chi connectivity index (χ4v) is 6.96. The number of benzene rings is 4. The van der Waals surface area contributed by atoms with E-state index >= 15 is 0 Å². The Labute approximate surface area is 251 Å². The molecule has 0 saturated carbocycles. The molecule has 0 radical (unpaired) electrons. The first-order chi connectivity index (χ1) is 21.4. The first kappa shape index (κ1) is 25.0. The van der Waals surface area contributed by atoms with Crippen molar-refractivity contribution < 1.29 is 13.0 Å². The van der Waals surface area contributed by atoms with E-state index in [0.717, 1.165) is 77.7 Å². The van der Waals surface area contributed by atoms with Crippen molar-refractivity contribution in [1.82, 2.24) is 19.9 Å². The number of nitrogens with zero attached hydrogens (tertiary/aromatic N) is 2. The molecule has 8 bridgehead atoms. The molecule has 3 N–H and O–H groups in total. The van der Waals surface area contributed by atoms with Gasteiger partial charge in [0.05, 0.1) is 27.7 Å². The van der Waals surface area contributed by atoms with E-state index in [9.17, 15) is 13.0 Å². The molecule has 2 aliphatic heterocycles. The maximum absolute atomic E-state index is 12.1. The second kappa shape index (κ2) is 8.97. The molecule has 7 nitrogen and oxygen atoms in total. The van der Waals surface area contributed by atoms with Crippen LogP contribution in [0.2, 0.25) is 0 Å². The SMILES string of the molecule is O=S(=O)(O)c1ccc2c3cc4nc(cc5[nH]c(cc6nc(cc([nH]3)c2c1)-c1ccccc1-6)c1ccccc51)-c1ccccc1-4. The van der Waals surface area contributed by atoms with E-state index < -0.39 is 10.1 Å². The summed E-state index contributed by atoms with van der Waals surface area (Å²) in [5, 5.41) is 3.63. The molecule has 8 heteroatoms. The van der Waals surface area contributed by atoms with E-state index in [-0.39, 0.29) is 4.90 Å². The second-order valence-electron chi connectivity index (χ2n) is 11.1. The van der Waals surface area contributed by atoms with Crippen LogP contribution >= 0.6 is 0 Å². The van der Waals surface area contributed by atoms with E-state index in [1.54, 1.807) is 6.07 Å². The van der Waals surface area contributed by atoms with Gasteiger partial charge in [-0.3, -0.25) is 4.55 Å². The summed E-state index contributed by atoms with van der Waals surface area (Å²) in [4.78, 5) is 17.2. The molecule has 7 aromatic rings. The van der Waals surface area contributed by atoms with Crippen molar-refractivity contribution in [3.8, 4) is 45.0 Å². The van der Waals surface area contributed by atoms with Gasteiger partial charge in [0.2, 0.25) is 0 Å². The fraction of sp³-hybridized carbons (Fsp3) is 0. The van der Waals surface area contributed by atoms with Crippen molar-refractivity contribution in [3.05, 3.63) is 115 Å². The Morgan fingerprint density at radius 2 is 0.818 bits per heavy atom. The highest BCUT2D eigenvalue weighted by atomic mass is 32.2. The first-order valence-electron chi connectivity index (χ1n) is 14.1. The lowest BCUT2D eigenvalue weighted by atomic mass is 10.0. The zero-order chi connectivity index (χ0) is 29.6. The van der Waals surface area contributed by atoms with Gasteiger partial charge in [0.1, 0.15) is 0 Å². The van der Waals surface area contributed by atoms with Crippen LogP contribution in [-0.4, -0.2) is 32.9 Å². The summed E-state index contributed by atoms with van der Waals surface area (Å²) >= 11 is 0. The lowest BCUT2D eigenvalue weighted by molar-refractivity contribution is 0.483. The molecule has 0 spiro atoms. The van der Waals surface area contributed by atoms with Crippen molar-refractivity contribution in [2.24, 2.45) is 0 Å². The molecule has 210 valence electrons. The van der Waals surface area contributed by atoms with Crippen LogP contribution in [-0.2, 0) is 10.1 Å². The van der Waals surface area contributed by atoms with Gasteiger partial charge in [0.15, 0.2) is 0 Å². The van der Waals surface area contributed by atoms with E-state index in [2.05, 4.69) is 52.4 Å². The minimum absolute atomic E-state index is 0.173. The molecule has 4 aromatic carbocycles. The van der Waals surface area contributed by atoms with E-state index in [1.165, 1.54) is 12.1 Å². The highest BCUT2D eigenvalue weighted by molar-refractivity contribution is 7.85. The average molecular weight is 591 g/mol. The minimum Gasteiger partial charge on any atom is -0.354 e. The van der Waals surface area contributed by atoms with Crippen molar-refractivity contribution in [2.45, 2.75) is 4.90 Å². The second-order valence-corrected chi connectivity index (χ2v) is 12.5. The van der Waals surface area contributed by atoms with Gasteiger partial charge in [-0.2, -0.15) is 8.42 Å². The fourth-order valence-electron chi connectivity index (χ4n) is 6.46. The molecule has 2 aliphatic rings. The Kier molecular flexibility index (Phi) is 5.09. The third kappa shape index (κ3) is 3.75. The van der Waals surface area contributed by atoms with Crippen molar-refractivity contribution in [3.63, 3.8) is 0 Å². The predicted molar refractivity (Wildman–Crippen MR) is 175 cm³/mol. The molecule has 9 rings (SSSR count). The minimum atomic E-state index is -4.41. The smallest absolute Gasteiger partial charge is 0.294 e. The summed E-state index contributed by atoms with van der Waals surface area (Å²) in [6.45, 7) is 0. The number of aromatic amines is 2. The summed E-state index contributed by atoms with van der Waals surface area (Å²) in [5.41, 5.74) is 10.5. The van der Waals surface area contributed by atoms with Crippen LogP contribution in [0.25, 0.3) is 88.6 Å². The zero-order valence-electron chi connectivity index (χ0n) is 23.0. The topological polar surface area (TPSA) is 112 Å². The number of nitrogens with one attached hydrogen (secondary N) is 2. The summed E-state index contributed by atoms with van der Waals surface area (Å²) < 4.78 is 34.1. The van der Waals surface area contributed by atoms with Gasteiger partial charge in [-0.05, 0) is 36.4 Å². The van der Waals surface area contributed by atoms with Crippen LogP contribution < -0.4 is 0 Å². The van der Waals surface area contributed by atoms with Gasteiger partial charge in [0, 0.05) is 65.9 Å². The van der Waals surface area contributed by atoms with Crippen LogP contribution in [0, 0.1) is 0 Å². The molecular formula is C36H22N4O3S. The lowest BCUT2D eigenvalue weighted by Crippen LogP contribution is -1.96. The Hall–Kier alpha value is -5.57. The van der Waals surface area contributed by atoms with Gasteiger partial charge >= 0.3 is 0 Å². The van der Waals surface area contributed by atoms with E-state index in [0.29, 0.717) is 10.9 Å². The number of H-pyrrole nitrogens is 2.